The second kappa shape index (κ2) is 11.3. The molecule has 1 aliphatic heterocycles. The van der Waals surface area contributed by atoms with E-state index in [9.17, 15) is 31.1 Å². The second-order valence-electron chi connectivity index (χ2n) is 8.29. The number of carbonyl (C=O) groups excluding carboxylic acids is 1. The van der Waals surface area contributed by atoms with Crippen LogP contribution >= 0.6 is 0 Å². The number of benzene rings is 1. The van der Waals surface area contributed by atoms with Crippen LogP contribution in [0, 0.1) is 0 Å². The first kappa shape index (κ1) is 27.5. The first-order valence-electron chi connectivity index (χ1n) is 11.6. The molecule has 0 saturated carbocycles. The van der Waals surface area contributed by atoms with Gasteiger partial charge in [0.05, 0.1) is 5.56 Å². The van der Waals surface area contributed by atoms with Crippen molar-refractivity contribution in [3.63, 3.8) is 0 Å². The molecule has 36 heavy (non-hydrogen) atoms. The van der Waals surface area contributed by atoms with Gasteiger partial charge in [-0.25, -0.2) is 15.4 Å². The van der Waals surface area contributed by atoms with Gasteiger partial charge in [-0.05, 0) is 43.9 Å². The molecule has 3 rings (SSSR count). The average Bonchev–Trinajstić information content (AvgIpc) is 2.78. The first-order chi connectivity index (χ1) is 16.9. The van der Waals surface area contributed by atoms with Crippen LogP contribution in [0.2, 0.25) is 0 Å². The Morgan fingerprint density at radius 1 is 1.06 bits per heavy atom. The topological polar surface area (TPSA) is 73.4 Å². The molecule has 1 aliphatic rings. The van der Waals surface area contributed by atoms with Gasteiger partial charge in [-0.1, -0.05) is 19.1 Å². The van der Waals surface area contributed by atoms with Crippen LogP contribution in [-0.2, 0) is 23.6 Å². The summed E-state index contributed by atoms with van der Waals surface area (Å²) in [5, 5.41) is 4.21. The number of hydrogen-bond acceptors (Lipinski definition) is 6. The van der Waals surface area contributed by atoms with Gasteiger partial charge in [-0.3, -0.25) is 9.80 Å². The van der Waals surface area contributed by atoms with Gasteiger partial charge >= 0.3 is 12.4 Å². The number of aromatic nitrogens is 2. The lowest BCUT2D eigenvalue weighted by Gasteiger charge is -2.41. The molecule has 1 amide bonds. The fraction of sp³-hybridized carbons (Fsp3) is 0.522. The van der Waals surface area contributed by atoms with Crippen molar-refractivity contribution in [1.82, 2.24) is 20.7 Å². The number of carbonyl (C=O) groups is 1. The predicted molar refractivity (Wildman–Crippen MR) is 122 cm³/mol. The molecule has 1 aromatic carbocycles. The predicted octanol–water partition coefficient (Wildman–Crippen LogP) is 4.19. The van der Waals surface area contributed by atoms with Crippen LogP contribution in [0.4, 0.5) is 38.0 Å². The summed E-state index contributed by atoms with van der Waals surface area (Å²) < 4.78 is 78.6. The van der Waals surface area contributed by atoms with Gasteiger partial charge in [0, 0.05) is 32.2 Å². The van der Waals surface area contributed by atoms with E-state index >= 15 is 0 Å². The summed E-state index contributed by atoms with van der Waals surface area (Å²) >= 11 is 0. The molecule has 1 atom stereocenters. The molecular weight excluding hydrogens is 490 g/mol. The molecule has 198 valence electrons. The van der Waals surface area contributed by atoms with Crippen LogP contribution in [-0.4, -0.2) is 48.1 Å². The third-order valence-corrected chi connectivity index (χ3v) is 5.71. The molecule has 2 N–H and O–H groups in total. The van der Waals surface area contributed by atoms with Crippen LogP contribution in [0.3, 0.4) is 0 Å². The van der Waals surface area contributed by atoms with E-state index in [1.54, 1.807) is 6.92 Å². The van der Waals surface area contributed by atoms with E-state index in [2.05, 4.69) is 20.7 Å². The van der Waals surface area contributed by atoms with Gasteiger partial charge in [0.15, 0.2) is 0 Å². The van der Waals surface area contributed by atoms with Crippen molar-refractivity contribution in [2.45, 2.75) is 51.5 Å². The summed E-state index contributed by atoms with van der Waals surface area (Å²) in [4.78, 5) is 21.5. The van der Waals surface area contributed by atoms with Gasteiger partial charge in [0.2, 0.25) is 11.7 Å². The Morgan fingerprint density at radius 2 is 1.75 bits per heavy atom. The number of amides is 1. The van der Waals surface area contributed by atoms with Crippen molar-refractivity contribution in [1.29, 1.82) is 0 Å². The third kappa shape index (κ3) is 6.77. The molecule has 0 unspecified atom stereocenters. The van der Waals surface area contributed by atoms with Crippen molar-refractivity contribution in [3.8, 4) is 0 Å². The van der Waals surface area contributed by atoms with Crippen LogP contribution in [0.5, 0.6) is 0 Å². The quantitative estimate of drug-likeness (QED) is 0.363. The highest BCUT2D eigenvalue weighted by Gasteiger charge is 2.40. The van der Waals surface area contributed by atoms with E-state index in [4.69, 9.17) is 0 Å². The molecule has 1 aromatic heterocycles. The zero-order valence-electron chi connectivity index (χ0n) is 19.9. The fourth-order valence-electron chi connectivity index (χ4n) is 3.68. The number of alkyl halides is 6. The number of nitrogens with one attached hydrogen (secondary N) is 2. The van der Waals surface area contributed by atoms with Crippen LogP contribution < -0.4 is 20.7 Å². The number of rotatable bonds is 10. The number of anilines is 2. The zero-order chi connectivity index (χ0) is 26.5. The summed E-state index contributed by atoms with van der Waals surface area (Å²) in [5.41, 5.74) is 2.88. The molecule has 0 radical (unpaired) electrons. The summed E-state index contributed by atoms with van der Waals surface area (Å²) in [7, 11) is 0. The van der Waals surface area contributed by atoms with Gasteiger partial charge in [-0.2, -0.15) is 26.3 Å². The monoisotopic (exact) mass is 518 g/mol. The molecule has 1 saturated heterocycles. The number of hydrogen-bond donors (Lipinski definition) is 2. The fourth-order valence-corrected chi connectivity index (χ4v) is 3.68. The molecule has 7 nitrogen and oxygen atoms in total. The molecule has 2 heterocycles. The number of nitrogens with zero attached hydrogens (tertiary/aromatic N) is 4. The van der Waals surface area contributed by atoms with Crippen molar-refractivity contribution in [3.05, 3.63) is 47.3 Å². The summed E-state index contributed by atoms with van der Waals surface area (Å²) in [6.07, 6.45) is -7.69. The first-order valence-corrected chi connectivity index (χ1v) is 11.6. The maximum absolute atomic E-state index is 13.5. The molecule has 2 aromatic rings. The minimum Gasteiger partial charge on any atom is -0.354 e. The smallest absolute Gasteiger partial charge is 0.354 e. The molecule has 0 bridgehead atoms. The maximum atomic E-state index is 13.5. The third-order valence-electron chi connectivity index (χ3n) is 5.71. The van der Waals surface area contributed by atoms with E-state index in [1.165, 1.54) is 28.1 Å². The minimum absolute atomic E-state index is 0.00165. The maximum Gasteiger partial charge on any atom is 0.451 e. The van der Waals surface area contributed by atoms with E-state index in [1.807, 2.05) is 6.92 Å². The second-order valence-corrected chi connectivity index (χ2v) is 8.29. The van der Waals surface area contributed by atoms with Gasteiger partial charge < -0.3 is 10.2 Å². The lowest BCUT2D eigenvalue weighted by molar-refractivity contribution is -0.144. The van der Waals surface area contributed by atoms with E-state index in [0.29, 0.717) is 38.0 Å². The van der Waals surface area contributed by atoms with Gasteiger partial charge in [0.1, 0.15) is 17.7 Å². The Morgan fingerprint density at radius 3 is 2.28 bits per heavy atom. The Bertz CT molecular complexity index is 1030. The lowest BCUT2D eigenvalue weighted by Crippen LogP contribution is -2.57. The van der Waals surface area contributed by atoms with Crippen LogP contribution in [0.1, 0.15) is 43.6 Å². The molecule has 13 heteroatoms. The standard InChI is InChI=1S/C23H28F6N6O/c1-3-11-31-35(4-2)19-14-18(32-21(33-19)23(27,28)29)34-13-10-17(34)20(36)30-12-9-15-5-7-16(8-6-15)22(24,25)26/h5-8,14,17,31H,3-4,9-13H2,1-2H3,(H,30,36)/t17-/m0/s1. The zero-order valence-corrected chi connectivity index (χ0v) is 19.9. The Kier molecular flexibility index (Phi) is 8.64. The summed E-state index contributed by atoms with van der Waals surface area (Å²) in [6, 6.07) is 5.36. The van der Waals surface area contributed by atoms with E-state index in [-0.39, 0.29) is 18.2 Å². The van der Waals surface area contributed by atoms with Gasteiger partial charge in [-0.15, -0.1) is 0 Å². The molecule has 0 aliphatic carbocycles. The van der Waals surface area contributed by atoms with Crippen LogP contribution in [0.25, 0.3) is 0 Å². The van der Waals surface area contributed by atoms with Gasteiger partial charge in [0.25, 0.3) is 0 Å². The Labute approximate surface area is 204 Å². The molecule has 0 spiro atoms. The SMILES string of the molecule is CCCNN(CC)c1cc(N2CC[C@H]2C(=O)NCCc2ccc(C(F)(F)F)cc2)nc(C(F)(F)F)n1. The highest BCUT2D eigenvalue weighted by molar-refractivity contribution is 5.86. The van der Waals surface area contributed by atoms with E-state index in [0.717, 1.165) is 18.6 Å². The van der Waals surface area contributed by atoms with Crippen molar-refractivity contribution in [2.75, 3.05) is 36.1 Å². The average molecular weight is 519 g/mol. The normalized spacial score (nSPS) is 16.0. The Balaban J connectivity index is 1.68. The minimum atomic E-state index is -4.76. The molecule has 1 fully saturated rings. The summed E-state index contributed by atoms with van der Waals surface area (Å²) in [5.74, 6) is -1.63. The lowest BCUT2D eigenvalue weighted by atomic mass is 10.0. The van der Waals surface area contributed by atoms with Crippen molar-refractivity contribution >= 4 is 17.5 Å². The highest BCUT2D eigenvalue weighted by Crippen LogP contribution is 2.33. The Hall–Kier alpha value is -3.09. The number of hydrazine groups is 1. The van der Waals surface area contributed by atoms with Crippen molar-refractivity contribution in [2.24, 2.45) is 0 Å². The molecular formula is C23H28F6N6O. The summed E-state index contributed by atoms with van der Waals surface area (Å²) in [6.45, 7) is 5.12. The highest BCUT2D eigenvalue weighted by atomic mass is 19.4. The van der Waals surface area contributed by atoms with E-state index < -0.39 is 35.7 Å². The number of halogens is 6. The largest absolute Gasteiger partial charge is 0.451 e. The van der Waals surface area contributed by atoms with Crippen LogP contribution in [0.15, 0.2) is 30.3 Å². The van der Waals surface area contributed by atoms with Crippen molar-refractivity contribution < 1.29 is 31.1 Å².